The zero-order valence-electron chi connectivity index (χ0n) is 13.2. The van der Waals surface area contributed by atoms with Gasteiger partial charge in [-0.25, -0.2) is 4.98 Å². The first kappa shape index (κ1) is 23.1. The van der Waals surface area contributed by atoms with Gasteiger partial charge in [-0.15, -0.1) is 0 Å². The van der Waals surface area contributed by atoms with Gasteiger partial charge in [0.25, 0.3) is 0 Å². The molecule has 125 valence electrons. The Bertz CT molecular complexity index is 729. The summed E-state index contributed by atoms with van der Waals surface area (Å²) in [7, 11) is 0. The molecular weight excluding hydrogens is 392 g/mol. The van der Waals surface area contributed by atoms with E-state index in [2.05, 4.69) is 15.0 Å². The number of nitrogens with zero attached hydrogens (tertiary/aromatic N) is 3. The zero-order valence-corrected chi connectivity index (χ0v) is 16.1. The molecule has 0 aliphatic heterocycles. The predicted octanol–water partition coefficient (Wildman–Crippen LogP) is -1.41. The quantitative estimate of drug-likeness (QED) is 0.490. The number of rotatable bonds is 4. The summed E-state index contributed by atoms with van der Waals surface area (Å²) in [6.45, 7) is 0. The summed E-state index contributed by atoms with van der Waals surface area (Å²) in [4.78, 5) is 13.3. The Hall–Kier alpha value is -1.91. The van der Waals surface area contributed by atoms with Crippen molar-refractivity contribution in [1.29, 1.82) is 0 Å². The second-order valence-electron chi connectivity index (χ2n) is 4.67. The van der Waals surface area contributed by atoms with Gasteiger partial charge in [0.1, 0.15) is 0 Å². The third-order valence-electron chi connectivity index (χ3n) is 3.00. The Balaban J connectivity index is 0.00000192. The van der Waals surface area contributed by atoms with Gasteiger partial charge >= 0.3 is 18.6 Å². The fourth-order valence-corrected chi connectivity index (χ4v) is 1.92. The van der Waals surface area contributed by atoms with Crippen LogP contribution < -0.4 is 24.8 Å². The molecule has 0 aliphatic rings. The van der Waals surface area contributed by atoms with E-state index in [0.717, 1.165) is 22.8 Å². The standard InChI is InChI=1S/C19H15N3.2ClH.V/c1-3-8-16(9-4-1)20-14-18-12-7-13-19(22-18)15-21-17-10-5-2-6-11-17;;;/h1-15H;2*1H;/q;;;+2/p-2. The van der Waals surface area contributed by atoms with Crippen LogP contribution in [0.4, 0.5) is 11.4 Å². The van der Waals surface area contributed by atoms with E-state index in [4.69, 9.17) is 0 Å². The van der Waals surface area contributed by atoms with Crippen LogP contribution in [0.5, 0.6) is 0 Å². The van der Waals surface area contributed by atoms with Gasteiger partial charge in [-0.2, -0.15) is 0 Å². The predicted molar refractivity (Wildman–Crippen MR) is 91.6 cm³/mol. The van der Waals surface area contributed by atoms with E-state index in [-0.39, 0.29) is 43.4 Å². The number of para-hydroxylation sites is 2. The third kappa shape index (κ3) is 7.67. The Morgan fingerprint density at radius 3 is 1.36 bits per heavy atom. The molecule has 0 amide bonds. The number of halogens is 2. The molecule has 1 heterocycles. The van der Waals surface area contributed by atoms with Crippen molar-refractivity contribution >= 4 is 23.8 Å². The molecule has 3 rings (SSSR count). The van der Waals surface area contributed by atoms with Gasteiger partial charge in [0, 0.05) is 0 Å². The smallest absolute Gasteiger partial charge is 1.00 e. The molecule has 0 bridgehead atoms. The first-order valence-electron chi connectivity index (χ1n) is 7.05. The molecule has 1 radical (unpaired) electrons. The minimum absolute atomic E-state index is 0. The van der Waals surface area contributed by atoms with Gasteiger partial charge in [-0.1, -0.05) is 42.5 Å². The van der Waals surface area contributed by atoms with Crippen LogP contribution in [0.15, 0.2) is 88.8 Å². The van der Waals surface area contributed by atoms with Crippen molar-refractivity contribution in [3.05, 3.63) is 90.3 Å². The van der Waals surface area contributed by atoms with Gasteiger partial charge in [0.05, 0.1) is 35.2 Å². The summed E-state index contributed by atoms with van der Waals surface area (Å²) in [5, 5.41) is 0. The van der Waals surface area contributed by atoms with Gasteiger partial charge in [0.15, 0.2) is 0 Å². The van der Waals surface area contributed by atoms with Crippen LogP contribution in [-0.2, 0) is 18.6 Å². The molecule has 0 unspecified atom stereocenters. The number of aromatic nitrogens is 1. The van der Waals surface area contributed by atoms with E-state index >= 15 is 0 Å². The second-order valence-corrected chi connectivity index (χ2v) is 4.67. The van der Waals surface area contributed by atoms with Crippen molar-refractivity contribution in [2.45, 2.75) is 0 Å². The fraction of sp³-hybridized carbons (Fsp3) is 0. The maximum atomic E-state index is 4.50. The number of hydrogen-bond acceptors (Lipinski definition) is 3. The van der Waals surface area contributed by atoms with Crippen LogP contribution >= 0.6 is 0 Å². The molecule has 25 heavy (non-hydrogen) atoms. The second kappa shape index (κ2) is 12.5. The molecule has 0 fully saturated rings. The number of benzene rings is 2. The molecule has 0 aliphatic carbocycles. The van der Waals surface area contributed by atoms with Gasteiger partial charge in [-0.05, 0) is 36.4 Å². The van der Waals surface area contributed by atoms with Crippen molar-refractivity contribution < 1.29 is 43.4 Å². The minimum Gasteiger partial charge on any atom is -1.00 e. The van der Waals surface area contributed by atoms with E-state index in [1.54, 1.807) is 12.4 Å². The van der Waals surface area contributed by atoms with Crippen molar-refractivity contribution in [3.8, 4) is 0 Å². The van der Waals surface area contributed by atoms with E-state index in [1.165, 1.54) is 0 Å². The fourth-order valence-electron chi connectivity index (χ4n) is 1.92. The Morgan fingerprint density at radius 1 is 0.560 bits per heavy atom. The van der Waals surface area contributed by atoms with Gasteiger partial charge in [0.2, 0.25) is 0 Å². The summed E-state index contributed by atoms with van der Waals surface area (Å²) in [5.74, 6) is 0. The summed E-state index contributed by atoms with van der Waals surface area (Å²) >= 11 is 0. The molecule has 3 nitrogen and oxygen atoms in total. The summed E-state index contributed by atoms with van der Waals surface area (Å²) in [5.41, 5.74) is 3.43. The first-order valence-corrected chi connectivity index (χ1v) is 7.05. The van der Waals surface area contributed by atoms with E-state index in [9.17, 15) is 0 Å². The molecule has 3 aromatic rings. The molecule has 0 atom stereocenters. The summed E-state index contributed by atoms with van der Waals surface area (Å²) < 4.78 is 0. The third-order valence-corrected chi connectivity index (χ3v) is 3.00. The first-order chi connectivity index (χ1) is 10.9. The van der Waals surface area contributed by atoms with Crippen LogP contribution in [0.1, 0.15) is 11.4 Å². The SMILES string of the molecule is C(=Nc1ccccc1)c1cccc(C=Nc2ccccc2)n1.[Cl-].[Cl-].[V+2]. The molecule has 0 N–H and O–H groups in total. The molecule has 6 heteroatoms. The largest absolute Gasteiger partial charge is 2.00 e. The Kier molecular flexibility index (Phi) is 11.5. The Morgan fingerprint density at radius 2 is 0.960 bits per heavy atom. The average molecular weight is 407 g/mol. The van der Waals surface area contributed by atoms with Crippen molar-refractivity contribution in [3.63, 3.8) is 0 Å². The topological polar surface area (TPSA) is 37.6 Å². The van der Waals surface area contributed by atoms with Crippen molar-refractivity contribution in [2.75, 3.05) is 0 Å². The summed E-state index contributed by atoms with van der Waals surface area (Å²) in [6, 6.07) is 25.4. The zero-order chi connectivity index (χ0) is 15.0. The normalized spacial score (nSPS) is 9.92. The number of hydrogen-bond donors (Lipinski definition) is 0. The number of aliphatic imine (C=N–C) groups is 2. The van der Waals surface area contributed by atoms with Crippen molar-refractivity contribution in [1.82, 2.24) is 4.98 Å². The van der Waals surface area contributed by atoms with E-state index in [0.29, 0.717) is 0 Å². The maximum absolute atomic E-state index is 4.50. The minimum atomic E-state index is 0. The van der Waals surface area contributed by atoms with Crippen LogP contribution in [0.2, 0.25) is 0 Å². The van der Waals surface area contributed by atoms with E-state index < -0.39 is 0 Å². The monoisotopic (exact) mass is 406 g/mol. The summed E-state index contributed by atoms with van der Waals surface area (Å²) in [6.07, 6.45) is 3.52. The number of pyridine rings is 1. The Labute approximate surface area is 172 Å². The van der Waals surface area contributed by atoms with Crippen LogP contribution in [0.3, 0.4) is 0 Å². The van der Waals surface area contributed by atoms with Crippen LogP contribution in [0, 0.1) is 0 Å². The van der Waals surface area contributed by atoms with Crippen LogP contribution in [0.25, 0.3) is 0 Å². The van der Waals surface area contributed by atoms with Gasteiger partial charge in [-0.3, -0.25) is 9.98 Å². The molecule has 0 saturated heterocycles. The molecule has 1 aromatic heterocycles. The van der Waals surface area contributed by atoms with Crippen LogP contribution in [-0.4, -0.2) is 17.4 Å². The van der Waals surface area contributed by atoms with Crippen molar-refractivity contribution in [2.24, 2.45) is 9.98 Å². The maximum Gasteiger partial charge on any atom is 2.00 e. The van der Waals surface area contributed by atoms with E-state index in [1.807, 2.05) is 78.9 Å². The van der Waals surface area contributed by atoms with Gasteiger partial charge < -0.3 is 24.8 Å². The molecule has 0 spiro atoms. The molecule has 2 aromatic carbocycles. The average Bonchev–Trinajstić information content (AvgIpc) is 2.60. The molecule has 0 saturated carbocycles. The molecular formula is C19H15Cl2N3V.